The summed E-state index contributed by atoms with van der Waals surface area (Å²) >= 11 is 0. The topological polar surface area (TPSA) is 72.7 Å². The highest BCUT2D eigenvalue weighted by molar-refractivity contribution is 5.50. The maximum absolute atomic E-state index is 9.67. The van der Waals surface area contributed by atoms with Crippen LogP contribution in [0.2, 0.25) is 0 Å². The molecule has 0 aliphatic carbocycles. The maximum Gasteiger partial charge on any atom is 0.157 e. The molecule has 2 aromatic carbocycles. The number of benzene rings is 2. The fraction of sp³-hybridized carbons (Fsp3) is 0.200. The molecule has 1 heterocycles. The molecule has 4 N–H and O–H groups in total. The molecule has 0 saturated heterocycles. The zero-order chi connectivity index (χ0) is 13.4. The lowest BCUT2D eigenvalue weighted by Gasteiger charge is -2.27. The van der Waals surface area contributed by atoms with Crippen LogP contribution in [0.1, 0.15) is 22.7 Å². The third-order valence-corrected chi connectivity index (χ3v) is 3.52. The van der Waals surface area contributed by atoms with Gasteiger partial charge in [0.1, 0.15) is 5.75 Å². The minimum atomic E-state index is -0.105. The standard InChI is InChI=1S/C15H15NO3/c17-11-3-1-9(2-4-11)15-12-8-14(19)13(18)7-10(12)5-6-16-15/h1-4,7-8,15-19H,5-6H2. The molecule has 1 aliphatic heterocycles. The van der Waals surface area contributed by atoms with Crippen LogP contribution in [0, 0.1) is 0 Å². The van der Waals surface area contributed by atoms with Gasteiger partial charge < -0.3 is 20.6 Å². The van der Waals surface area contributed by atoms with Crippen molar-refractivity contribution >= 4 is 0 Å². The van der Waals surface area contributed by atoms with E-state index < -0.39 is 0 Å². The second-order valence-corrected chi connectivity index (χ2v) is 4.77. The molecule has 1 unspecified atom stereocenters. The van der Waals surface area contributed by atoms with Gasteiger partial charge in [0.05, 0.1) is 6.04 Å². The van der Waals surface area contributed by atoms with E-state index in [0.29, 0.717) is 0 Å². The summed E-state index contributed by atoms with van der Waals surface area (Å²) in [6.07, 6.45) is 0.817. The molecule has 19 heavy (non-hydrogen) atoms. The molecule has 0 radical (unpaired) electrons. The molecule has 0 aromatic heterocycles. The molecule has 4 heteroatoms. The van der Waals surface area contributed by atoms with Gasteiger partial charge in [0.25, 0.3) is 0 Å². The molecule has 0 amide bonds. The zero-order valence-electron chi connectivity index (χ0n) is 10.3. The maximum atomic E-state index is 9.67. The highest BCUT2D eigenvalue weighted by Crippen LogP contribution is 2.36. The van der Waals surface area contributed by atoms with Crippen LogP contribution in [0.25, 0.3) is 0 Å². The normalized spacial score (nSPS) is 18.0. The van der Waals surface area contributed by atoms with Crippen LogP contribution in [0.15, 0.2) is 36.4 Å². The lowest BCUT2D eigenvalue weighted by molar-refractivity contribution is 0.400. The van der Waals surface area contributed by atoms with Gasteiger partial charge in [-0.25, -0.2) is 0 Å². The monoisotopic (exact) mass is 257 g/mol. The summed E-state index contributed by atoms with van der Waals surface area (Å²) in [6.45, 7) is 0.808. The third-order valence-electron chi connectivity index (χ3n) is 3.52. The van der Waals surface area contributed by atoms with Crippen LogP contribution in [-0.4, -0.2) is 21.9 Å². The molecular weight excluding hydrogens is 242 g/mol. The summed E-state index contributed by atoms with van der Waals surface area (Å²) in [5, 5.41) is 32.0. The van der Waals surface area contributed by atoms with E-state index in [1.54, 1.807) is 24.3 Å². The number of aromatic hydroxyl groups is 3. The Morgan fingerprint density at radius 1 is 0.947 bits per heavy atom. The van der Waals surface area contributed by atoms with Crippen LogP contribution in [-0.2, 0) is 6.42 Å². The lowest BCUT2D eigenvalue weighted by Crippen LogP contribution is -2.30. The fourth-order valence-electron chi connectivity index (χ4n) is 2.55. The summed E-state index contributed by atoms with van der Waals surface area (Å²) in [7, 11) is 0. The Morgan fingerprint density at radius 3 is 2.37 bits per heavy atom. The molecule has 3 rings (SSSR count). The van der Waals surface area contributed by atoms with E-state index in [-0.39, 0.29) is 23.3 Å². The Kier molecular flexibility index (Phi) is 2.80. The van der Waals surface area contributed by atoms with Gasteiger partial charge in [-0.05, 0) is 47.4 Å². The number of phenolic OH excluding ortho intramolecular Hbond substituents is 3. The summed E-state index contributed by atoms with van der Waals surface area (Å²) in [5.74, 6) is 0.0460. The Balaban J connectivity index is 2.07. The number of rotatable bonds is 1. The molecule has 0 saturated carbocycles. The molecule has 1 aliphatic rings. The predicted molar refractivity (Wildman–Crippen MR) is 71.4 cm³/mol. The summed E-state index contributed by atoms with van der Waals surface area (Å²) in [4.78, 5) is 0. The molecule has 0 spiro atoms. The highest BCUT2D eigenvalue weighted by atomic mass is 16.3. The Hall–Kier alpha value is -2.20. The second kappa shape index (κ2) is 4.48. The predicted octanol–water partition coefficient (Wildman–Crippen LogP) is 2.04. The average Bonchev–Trinajstić information content (AvgIpc) is 2.41. The van der Waals surface area contributed by atoms with Crippen molar-refractivity contribution in [2.45, 2.75) is 12.5 Å². The minimum Gasteiger partial charge on any atom is -0.508 e. The Morgan fingerprint density at radius 2 is 1.63 bits per heavy atom. The van der Waals surface area contributed by atoms with Crippen molar-refractivity contribution in [2.24, 2.45) is 0 Å². The van der Waals surface area contributed by atoms with Crippen molar-refractivity contribution in [2.75, 3.05) is 6.54 Å². The van der Waals surface area contributed by atoms with E-state index in [1.165, 1.54) is 0 Å². The van der Waals surface area contributed by atoms with E-state index in [1.807, 2.05) is 12.1 Å². The number of hydrogen-bond acceptors (Lipinski definition) is 4. The van der Waals surface area contributed by atoms with Gasteiger partial charge in [-0.3, -0.25) is 0 Å². The largest absolute Gasteiger partial charge is 0.508 e. The van der Waals surface area contributed by atoms with E-state index in [9.17, 15) is 15.3 Å². The second-order valence-electron chi connectivity index (χ2n) is 4.77. The minimum absolute atomic E-state index is 0.0316. The third kappa shape index (κ3) is 2.11. The van der Waals surface area contributed by atoms with Crippen LogP contribution in [0.4, 0.5) is 0 Å². The first-order valence-corrected chi connectivity index (χ1v) is 6.22. The van der Waals surface area contributed by atoms with Gasteiger partial charge in [0.2, 0.25) is 0 Å². The highest BCUT2D eigenvalue weighted by Gasteiger charge is 2.23. The number of nitrogens with one attached hydrogen (secondary N) is 1. The molecular formula is C15H15NO3. The molecule has 1 atom stereocenters. The van der Waals surface area contributed by atoms with Crippen LogP contribution in [0.3, 0.4) is 0 Å². The van der Waals surface area contributed by atoms with Crippen LogP contribution >= 0.6 is 0 Å². The van der Waals surface area contributed by atoms with Gasteiger partial charge in [-0.2, -0.15) is 0 Å². The Bertz CT molecular complexity index is 608. The zero-order valence-corrected chi connectivity index (χ0v) is 10.3. The fourth-order valence-corrected chi connectivity index (χ4v) is 2.55. The van der Waals surface area contributed by atoms with Gasteiger partial charge in [0, 0.05) is 6.54 Å². The van der Waals surface area contributed by atoms with Crippen molar-refractivity contribution < 1.29 is 15.3 Å². The van der Waals surface area contributed by atoms with Crippen molar-refractivity contribution in [1.29, 1.82) is 0 Å². The number of phenols is 3. The first-order valence-electron chi connectivity index (χ1n) is 6.22. The lowest BCUT2D eigenvalue weighted by atomic mass is 9.89. The summed E-state index contributed by atoms with van der Waals surface area (Å²) < 4.78 is 0. The number of hydrogen-bond donors (Lipinski definition) is 4. The quantitative estimate of drug-likeness (QED) is 0.590. The van der Waals surface area contributed by atoms with Crippen molar-refractivity contribution in [3.63, 3.8) is 0 Å². The summed E-state index contributed by atoms with van der Waals surface area (Å²) in [5.41, 5.74) is 3.02. The van der Waals surface area contributed by atoms with E-state index in [2.05, 4.69) is 5.32 Å². The molecule has 0 fully saturated rings. The van der Waals surface area contributed by atoms with Crippen LogP contribution in [0.5, 0.6) is 17.2 Å². The first kappa shape index (κ1) is 11.9. The van der Waals surface area contributed by atoms with Gasteiger partial charge in [-0.15, -0.1) is 0 Å². The Labute approximate surface area is 111 Å². The van der Waals surface area contributed by atoms with E-state index in [0.717, 1.165) is 29.7 Å². The van der Waals surface area contributed by atoms with E-state index in [4.69, 9.17) is 0 Å². The average molecular weight is 257 g/mol. The SMILES string of the molecule is Oc1ccc(C2NCCc3cc(O)c(O)cc32)cc1. The number of fused-ring (bicyclic) bond motifs is 1. The van der Waals surface area contributed by atoms with Gasteiger partial charge >= 0.3 is 0 Å². The molecule has 4 nitrogen and oxygen atoms in total. The van der Waals surface area contributed by atoms with Gasteiger partial charge in [-0.1, -0.05) is 12.1 Å². The molecule has 2 aromatic rings. The smallest absolute Gasteiger partial charge is 0.157 e. The van der Waals surface area contributed by atoms with E-state index >= 15 is 0 Å². The molecule has 98 valence electrons. The van der Waals surface area contributed by atoms with Crippen molar-refractivity contribution in [1.82, 2.24) is 5.32 Å². The van der Waals surface area contributed by atoms with Gasteiger partial charge in [0.15, 0.2) is 11.5 Å². The van der Waals surface area contributed by atoms with Crippen molar-refractivity contribution in [3.8, 4) is 17.2 Å². The molecule has 0 bridgehead atoms. The first-order chi connectivity index (χ1) is 9.15. The van der Waals surface area contributed by atoms with Crippen LogP contribution < -0.4 is 5.32 Å². The summed E-state index contributed by atoms with van der Waals surface area (Å²) in [6, 6.07) is 10.2. The van der Waals surface area contributed by atoms with Crippen molar-refractivity contribution in [3.05, 3.63) is 53.1 Å².